The van der Waals surface area contributed by atoms with Gasteiger partial charge in [-0.05, 0) is 30.9 Å². The van der Waals surface area contributed by atoms with Crippen LogP contribution in [0.2, 0.25) is 0 Å². The molecule has 1 aliphatic heterocycles. The fraction of sp³-hybridized carbons (Fsp3) is 0.500. The summed E-state index contributed by atoms with van der Waals surface area (Å²) in [5, 5.41) is 20.1. The maximum Gasteiger partial charge on any atom is 0.313 e. The molecule has 0 bridgehead atoms. The highest BCUT2D eigenvalue weighted by Crippen LogP contribution is 2.50. The molecule has 1 aromatic rings. The number of hydrogen-bond acceptors (Lipinski definition) is 6. The first-order chi connectivity index (χ1) is 11.0. The number of esters is 1. The van der Waals surface area contributed by atoms with E-state index in [-0.39, 0.29) is 23.1 Å². The monoisotopic (exact) mass is 315 g/mol. The quantitative estimate of drug-likeness (QED) is 0.482. The molecule has 2 aliphatic rings. The van der Waals surface area contributed by atoms with Crippen molar-refractivity contribution in [3.8, 4) is 6.07 Å². The van der Waals surface area contributed by atoms with Crippen LogP contribution in [0.3, 0.4) is 0 Å². The molecule has 7 heteroatoms. The number of ether oxygens (including phenoxy) is 1. The van der Waals surface area contributed by atoms with E-state index in [2.05, 4.69) is 0 Å². The van der Waals surface area contributed by atoms with E-state index < -0.39 is 10.3 Å². The highest BCUT2D eigenvalue weighted by atomic mass is 16.6. The number of fused-ring (bicyclic) bond motifs is 1. The molecule has 3 rings (SSSR count). The summed E-state index contributed by atoms with van der Waals surface area (Å²) in [4.78, 5) is 24.7. The molecule has 0 aromatic heterocycles. The van der Waals surface area contributed by atoms with Crippen molar-refractivity contribution in [1.82, 2.24) is 0 Å². The first-order valence-corrected chi connectivity index (χ1v) is 7.54. The van der Waals surface area contributed by atoms with Crippen molar-refractivity contribution in [3.05, 3.63) is 33.9 Å². The van der Waals surface area contributed by atoms with Gasteiger partial charge in [-0.1, -0.05) is 6.42 Å². The zero-order valence-corrected chi connectivity index (χ0v) is 12.8. The Bertz CT molecular complexity index is 712. The standard InChI is InChI=1S/C16H17N3O4/c1-23-15(20)16-6-2-3-12(16)9-18(10-16)13-4-5-14(19(21)22)11(7-13)8-17/h4-5,7,12H,2-3,6,9-10H2,1H3/t12-,16+/m1/s1. The van der Waals surface area contributed by atoms with Crippen LogP contribution in [0.4, 0.5) is 11.4 Å². The van der Waals surface area contributed by atoms with E-state index >= 15 is 0 Å². The van der Waals surface area contributed by atoms with Crippen molar-refractivity contribution < 1.29 is 14.5 Å². The summed E-state index contributed by atoms with van der Waals surface area (Å²) in [5.41, 5.74) is 0.100. The minimum Gasteiger partial charge on any atom is -0.469 e. The predicted octanol–water partition coefficient (Wildman–Crippen LogP) is 2.25. The van der Waals surface area contributed by atoms with E-state index in [1.54, 1.807) is 6.07 Å². The Hall–Kier alpha value is -2.62. The van der Waals surface area contributed by atoms with Crippen LogP contribution in [-0.2, 0) is 9.53 Å². The summed E-state index contributed by atoms with van der Waals surface area (Å²) in [6.07, 6.45) is 2.79. The zero-order valence-electron chi connectivity index (χ0n) is 12.8. The number of nitro groups is 1. The smallest absolute Gasteiger partial charge is 0.313 e. The molecule has 1 saturated carbocycles. The van der Waals surface area contributed by atoms with Gasteiger partial charge in [0.15, 0.2) is 0 Å². The molecule has 0 spiro atoms. The van der Waals surface area contributed by atoms with E-state index in [1.165, 1.54) is 19.2 Å². The van der Waals surface area contributed by atoms with Gasteiger partial charge in [0.1, 0.15) is 11.6 Å². The summed E-state index contributed by atoms with van der Waals surface area (Å²) in [6.45, 7) is 1.24. The van der Waals surface area contributed by atoms with Crippen molar-refractivity contribution in [2.24, 2.45) is 11.3 Å². The third-order valence-corrected chi connectivity index (χ3v) is 5.13. The van der Waals surface area contributed by atoms with E-state index in [0.29, 0.717) is 13.1 Å². The van der Waals surface area contributed by atoms with Crippen LogP contribution in [0.25, 0.3) is 0 Å². The summed E-state index contributed by atoms with van der Waals surface area (Å²) in [5.74, 6) is 0.0561. The zero-order chi connectivity index (χ0) is 16.6. The lowest BCUT2D eigenvalue weighted by Crippen LogP contribution is -2.36. The van der Waals surface area contributed by atoms with Gasteiger partial charge in [-0.3, -0.25) is 14.9 Å². The average Bonchev–Trinajstić information content (AvgIpc) is 3.11. The molecular weight excluding hydrogens is 298 g/mol. The topological polar surface area (TPSA) is 96.5 Å². The Balaban J connectivity index is 1.92. The number of nitro benzene ring substituents is 1. The van der Waals surface area contributed by atoms with Crippen LogP contribution in [0.5, 0.6) is 0 Å². The Labute approximate surface area is 133 Å². The van der Waals surface area contributed by atoms with Crippen LogP contribution >= 0.6 is 0 Å². The lowest BCUT2D eigenvalue weighted by Gasteiger charge is -2.26. The number of anilines is 1. The lowest BCUT2D eigenvalue weighted by molar-refractivity contribution is -0.385. The number of nitrogens with zero attached hydrogens (tertiary/aromatic N) is 3. The van der Waals surface area contributed by atoms with Crippen LogP contribution in [-0.4, -0.2) is 31.1 Å². The Morgan fingerprint density at radius 3 is 3.00 bits per heavy atom. The number of nitriles is 1. The Kier molecular flexibility index (Phi) is 3.68. The van der Waals surface area contributed by atoms with Crippen LogP contribution < -0.4 is 4.90 Å². The fourth-order valence-corrected chi connectivity index (χ4v) is 3.99. The normalized spacial score (nSPS) is 25.7. The second-order valence-corrected chi connectivity index (χ2v) is 6.19. The van der Waals surface area contributed by atoms with Crippen molar-refractivity contribution in [2.75, 3.05) is 25.1 Å². The Morgan fingerprint density at radius 1 is 1.57 bits per heavy atom. The van der Waals surface area contributed by atoms with Gasteiger partial charge in [-0.25, -0.2) is 0 Å². The summed E-state index contributed by atoms with van der Waals surface area (Å²) < 4.78 is 5.01. The van der Waals surface area contributed by atoms with Gasteiger partial charge in [-0.2, -0.15) is 5.26 Å². The SMILES string of the molecule is COC(=O)[C@]12CCC[C@@H]1CN(c1ccc([N+](=O)[O-])c(C#N)c1)C2. The van der Waals surface area contributed by atoms with Crippen molar-refractivity contribution in [1.29, 1.82) is 5.26 Å². The Morgan fingerprint density at radius 2 is 2.35 bits per heavy atom. The number of carbonyl (C=O) groups is 1. The molecular formula is C16H17N3O4. The van der Waals surface area contributed by atoms with Gasteiger partial charge in [0.25, 0.3) is 5.69 Å². The minimum atomic E-state index is -0.559. The van der Waals surface area contributed by atoms with E-state index in [0.717, 1.165) is 24.9 Å². The van der Waals surface area contributed by atoms with E-state index in [9.17, 15) is 14.9 Å². The highest BCUT2D eigenvalue weighted by molar-refractivity contribution is 5.80. The molecule has 2 atom stereocenters. The molecule has 0 amide bonds. The molecule has 1 aromatic carbocycles. The summed E-state index contributed by atoms with van der Waals surface area (Å²) in [7, 11) is 1.41. The van der Waals surface area contributed by atoms with Crippen LogP contribution in [0.15, 0.2) is 18.2 Å². The van der Waals surface area contributed by atoms with Gasteiger partial charge in [0, 0.05) is 24.8 Å². The van der Waals surface area contributed by atoms with Gasteiger partial charge in [0.05, 0.1) is 17.4 Å². The third kappa shape index (κ3) is 2.31. The van der Waals surface area contributed by atoms with Gasteiger partial charge >= 0.3 is 5.97 Å². The first-order valence-electron chi connectivity index (χ1n) is 7.54. The molecule has 7 nitrogen and oxygen atoms in total. The summed E-state index contributed by atoms with van der Waals surface area (Å²) in [6, 6.07) is 6.40. The molecule has 0 radical (unpaired) electrons. The number of carbonyl (C=O) groups excluding carboxylic acids is 1. The molecule has 2 fully saturated rings. The average molecular weight is 315 g/mol. The number of hydrogen-bond donors (Lipinski definition) is 0. The van der Waals surface area contributed by atoms with Gasteiger partial charge in [-0.15, -0.1) is 0 Å². The molecule has 1 heterocycles. The second-order valence-electron chi connectivity index (χ2n) is 6.19. The molecule has 23 heavy (non-hydrogen) atoms. The number of methoxy groups -OCH3 is 1. The van der Waals surface area contributed by atoms with Crippen LogP contribution in [0.1, 0.15) is 24.8 Å². The number of rotatable bonds is 3. The molecule has 120 valence electrons. The predicted molar refractivity (Wildman–Crippen MR) is 81.8 cm³/mol. The van der Waals surface area contributed by atoms with Gasteiger partial charge in [0.2, 0.25) is 0 Å². The van der Waals surface area contributed by atoms with E-state index in [4.69, 9.17) is 10.00 Å². The minimum absolute atomic E-state index is 0.0386. The van der Waals surface area contributed by atoms with Crippen molar-refractivity contribution >= 4 is 17.3 Å². The maximum absolute atomic E-state index is 12.3. The molecule has 1 saturated heterocycles. The first kappa shape index (κ1) is 15.3. The van der Waals surface area contributed by atoms with Crippen molar-refractivity contribution in [3.63, 3.8) is 0 Å². The fourth-order valence-electron chi connectivity index (χ4n) is 3.99. The molecule has 0 N–H and O–H groups in total. The molecule has 0 unspecified atom stereocenters. The number of benzene rings is 1. The molecule has 1 aliphatic carbocycles. The third-order valence-electron chi connectivity index (χ3n) is 5.13. The second kappa shape index (κ2) is 5.54. The van der Waals surface area contributed by atoms with Crippen molar-refractivity contribution in [2.45, 2.75) is 19.3 Å². The maximum atomic E-state index is 12.3. The lowest BCUT2D eigenvalue weighted by atomic mass is 9.81. The van der Waals surface area contributed by atoms with Crippen LogP contribution in [0, 0.1) is 32.8 Å². The highest BCUT2D eigenvalue weighted by Gasteiger charge is 2.55. The largest absolute Gasteiger partial charge is 0.469 e. The van der Waals surface area contributed by atoms with E-state index in [1.807, 2.05) is 11.0 Å². The van der Waals surface area contributed by atoms with Gasteiger partial charge < -0.3 is 9.64 Å². The summed E-state index contributed by atoms with van der Waals surface area (Å²) >= 11 is 0.